The molecule has 45 heavy (non-hydrogen) atoms. The van der Waals surface area contributed by atoms with Gasteiger partial charge in [0, 0.05) is 52.1 Å². The zero-order chi connectivity index (χ0) is 30.9. The lowest BCUT2D eigenvalue weighted by molar-refractivity contribution is -0.0731. The minimum absolute atomic E-state index is 0.124. The second kappa shape index (κ2) is 10.7. The average molecular weight is 618 g/mol. The predicted molar refractivity (Wildman–Crippen MR) is 163 cm³/mol. The molecule has 2 fully saturated rings. The molecule has 0 bridgehead atoms. The molecule has 2 aromatic heterocycles. The number of aromatic nitrogens is 4. The van der Waals surface area contributed by atoms with Gasteiger partial charge in [0.2, 0.25) is 0 Å². The number of phenols is 1. The van der Waals surface area contributed by atoms with Gasteiger partial charge in [-0.1, -0.05) is 6.07 Å². The minimum atomic E-state index is -0.837. The van der Waals surface area contributed by atoms with Crippen LogP contribution in [0, 0.1) is 0 Å². The van der Waals surface area contributed by atoms with Crippen LogP contribution in [0.2, 0.25) is 0 Å². The molecule has 2 saturated heterocycles. The number of ether oxygens (including phenoxy) is 2. The summed E-state index contributed by atoms with van der Waals surface area (Å²) in [7, 11) is 3.46. The highest BCUT2D eigenvalue weighted by atomic mass is 19.1. The maximum atomic E-state index is 14.5. The van der Waals surface area contributed by atoms with Gasteiger partial charge >= 0.3 is 6.01 Å². The molecule has 0 saturated carbocycles. The van der Waals surface area contributed by atoms with Crippen molar-refractivity contribution >= 4 is 11.7 Å². The largest absolute Gasteiger partial charge is 0.508 e. The van der Waals surface area contributed by atoms with Crippen molar-refractivity contribution in [2.24, 2.45) is 0 Å². The summed E-state index contributed by atoms with van der Waals surface area (Å²) in [5.41, 5.74) is 4.52. The smallest absolute Gasteiger partial charge is 0.318 e. The Morgan fingerprint density at radius 1 is 1.18 bits per heavy atom. The molecule has 11 nitrogen and oxygen atoms in total. The standard InChI is InChI=1S/C33H40FN7O4/c1-38(2)30(43)27-13-23-18-39(10-4-12-41(23)37-27)29-25-19-45-33(9-7-21-5-6-24(42)14-26(21)33)16-28(25)35-31(36-29)44-20-32-8-3-11-40(32)17-22(34)15-32/h5-6,13-14,22,42H,3-4,7-12,15-20H2,1-2H3/t22-,32+,33?/m1/s1. The number of phenolic OH excluding ortho intramolecular Hbond substituents is 1. The number of nitrogens with zero attached hydrogens (tertiary/aromatic N) is 7. The lowest BCUT2D eigenvalue weighted by Gasteiger charge is -2.37. The van der Waals surface area contributed by atoms with Gasteiger partial charge < -0.3 is 24.4 Å². The van der Waals surface area contributed by atoms with Crippen molar-refractivity contribution in [3.8, 4) is 11.8 Å². The molecule has 1 N–H and O–H groups in total. The van der Waals surface area contributed by atoms with Gasteiger partial charge in [0.1, 0.15) is 24.3 Å². The molecule has 4 aliphatic heterocycles. The number of carbonyl (C=O) groups is 1. The number of halogens is 1. The van der Waals surface area contributed by atoms with E-state index in [2.05, 4.69) is 14.9 Å². The van der Waals surface area contributed by atoms with E-state index in [0.29, 0.717) is 57.4 Å². The van der Waals surface area contributed by atoms with E-state index in [0.717, 1.165) is 73.5 Å². The summed E-state index contributed by atoms with van der Waals surface area (Å²) in [5.74, 6) is 0.875. The Kier molecular flexibility index (Phi) is 6.79. The van der Waals surface area contributed by atoms with Gasteiger partial charge in [0.15, 0.2) is 5.69 Å². The topological polar surface area (TPSA) is 109 Å². The summed E-state index contributed by atoms with van der Waals surface area (Å²) < 4.78 is 29.6. The van der Waals surface area contributed by atoms with E-state index in [1.165, 1.54) is 5.56 Å². The first kappa shape index (κ1) is 28.7. The van der Waals surface area contributed by atoms with E-state index in [1.807, 2.05) is 22.9 Å². The number of aryl methyl sites for hydroxylation is 2. The van der Waals surface area contributed by atoms with Crippen molar-refractivity contribution in [3.63, 3.8) is 0 Å². The quantitative estimate of drug-likeness (QED) is 0.461. The molecular weight excluding hydrogens is 577 g/mol. The number of aromatic hydroxyl groups is 1. The van der Waals surface area contributed by atoms with Crippen LogP contribution in [0.5, 0.6) is 11.8 Å². The second-order valence-corrected chi connectivity index (χ2v) is 13.6. The second-order valence-electron chi connectivity index (χ2n) is 13.6. The van der Waals surface area contributed by atoms with Crippen LogP contribution in [0.3, 0.4) is 0 Å². The molecule has 3 atom stereocenters. The van der Waals surface area contributed by atoms with Crippen LogP contribution in [0.4, 0.5) is 10.2 Å². The zero-order valence-corrected chi connectivity index (χ0v) is 26.0. The highest BCUT2D eigenvalue weighted by Crippen LogP contribution is 2.48. The first-order valence-electron chi connectivity index (χ1n) is 16.1. The zero-order valence-electron chi connectivity index (χ0n) is 26.0. The van der Waals surface area contributed by atoms with E-state index in [4.69, 9.17) is 19.4 Å². The molecule has 12 heteroatoms. The number of hydrogen-bond acceptors (Lipinski definition) is 9. The number of amides is 1. The lowest BCUT2D eigenvalue weighted by Crippen LogP contribution is -2.43. The molecule has 238 valence electrons. The van der Waals surface area contributed by atoms with Crippen molar-refractivity contribution in [2.45, 2.75) is 82.0 Å². The molecule has 6 heterocycles. The fourth-order valence-electron chi connectivity index (χ4n) is 8.28. The maximum absolute atomic E-state index is 14.5. The molecule has 1 amide bonds. The third kappa shape index (κ3) is 4.84. The summed E-state index contributed by atoms with van der Waals surface area (Å²) in [6.45, 7) is 4.02. The predicted octanol–water partition coefficient (Wildman–Crippen LogP) is 3.36. The van der Waals surface area contributed by atoms with Crippen molar-refractivity contribution in [1.82, 2.24) is 29.5 Å². The number of benzene rings is 1. The third-order valence-corrected chi connectivity index (χ3v) is 10.5. The van der Waals surface area contributed by atoms with E-state index >= 15 is 0 Å². The summed E-state index contributed by atoms with van der Waals surface area (Å²) in [6.07, 6.45) is 4.64. The molecule has 3 aromatic rings. The number of carbonyl (C=O) groups excluding carboxylic acids is 1. The number of anilines is 1. The van der Waals surface area contributed by atoms with Gasteiger partial charge in [-0.2, -0.15) is 15.1 Å². The third-order valence-electron chi connectivity index (χ3n) is 10.5. The van der Waals surface area contributed by atoms with E-state index in [1.54, 1.807) is 25.1 Å². The Hall–Kier alpha value is -3.77. The summed E-state index contributed by atoms with van der Waals surface area (Å²) in [6, 6.07) is 7.73. The molecule has 1 unspecified atom stereocenters. The van der Waals surface area contributed by atoms with E-state index in [9.17, 15) is 14.3 Å². The van der Waals surface area contributed by atoms with Gasteiger partial charge in [-0.25, -0.2) is 4.39 Å². The maximum Gasteiger partial charge on any atom is 0.318 e. The van der Waals surface area contributed by atoms with Gasteiger partial charge in [-0.3, -0.25) is 14.4 Å². The van der Waals surface area contributed by atoms with Crippen LogP contribution in [0.1, 0.15) is 70.7 Å². The minimum Gasteiger partial charge on any atom is -0.508 e. The fraction of sp³-hybridized carbons (Fsp3) is 0.576. The number of alkyl halides is 1. The van der Waals surface area contributed by atoms with Crippen LogP contribution in [0.25, 0.3) is 0 Å². The van der Waals surface area contributed by atoms with Crippen LogP contribution in [0.15, 0.2) is 24.3 Å². The van der Waals surface area contributed by atoms with Gasteiger partial charge in [0.05, 0.1) is 35.7 Å². The van der Waals surface area contributed by atoms with Crippen LogP contribution in [-0.2, 0) is 42.9 Å². The van der Waals surface area contributed by atoms with Gasteiger partial charge in [-0.15, -0.1) is 0 Å². The van der Waals surface area contributed by atoms with E-state index < -0.39 is 11.8 Å². The average Bonchev–Trinajstić information content (AvgIpc) is 3.73. The lowest BCUT2D eigenvalue weighted by atomic mass is 9.86. The van der Waals surface area contributed by atoms with Crippen LogP contribution >= 0.6 is 0 Å². The van der Waals surface area contributed by atoms with Gasteiger partial charge in [-0.05, 0) is 68.0 Å². The summed E-state index contributed by atoms with van der Waals surface area (Å²) in [5, 5.41) is 14.9. The Morgan fingerprint density at radius 2 is 2.07 bits per heavy atom. The first-order chi connectivity index (χ1) is 21.7. The molecule has 0 radical (unpaired) electrons. The van der Waals surface area contributed by atoms with Crippen molar-refractivity contribution in [2.75, 3.05) is 45.2 Å². The molecule has 1 aromatic carbocycles. The molecular formula is C33H40FN7O4. The molecule has 1 aliphatic carbocycles. The highest BCUT2D eigenvalue weighted by molar-refractivity contribution is 5.92. The number of rotatable bonds is 5. The summed E-state index contributed by atoms with van der Waals surface area (Å²) >= 11 is 0. The highest BCUT2D eigenvalue weighted by Gasteiger charge is 2.50. The molecule has 8 rings (SSSR count). The summed E-state index contributed by atoms with van der Waals surface area (Å²) in [4.78, 5) is 28.7. The van der Waals surface area contributed by atoms with Crippen molar-refractivity contribution < 1.29 is 23.8 Å². The molecule has 1 spiro atoms. The Morgan fingerprint density at radius 3 is 2.93 bits per heavy atom. The Bertz CT molecular complexity index is 1660. The van der Waals surface area contributed by atoms with Crippen LogP contribution < -0.4 is 9.64 Å². The fourth-order valence-corrected chi connectivity index (χ4v) is 8.28. The SMILES string of the molecule is CN(C)C(=O)c1cc2n(n1)CCCN(c1nc(OC[C@@]34CCCN3C[C@H](F)C4)nc3c1COC1(CCc4ccc(O)cc41)C3)C2. The van der Waals surface area contributed by atoms with Crippen LogP contribution in [-0.4, -0.2) is 92.6 Å². The van der Waals surface area contributed by atoms with E-state index in [-0.39, 0.29) is 17.2 Å². The Balaban J connectivity index is 1.15. The first-order valence-corrected chi connectivity index (χ1v) is 16.1. The van der Waals surface area contributed by atoms with Crippen molar-refractivity contribution in [3.05, 3.63) is 58.0 Å². The Labute approximate surface area is 261 Å². The number of fused-ring (bicyclic) bond motifs is 5. The van der Waals surface area contributed by atoms with Gasteiger partial charge in [0.25, 0.3) is 5.91 Å². The normalized spacial score (nSPS) is 27.2. The number of hydrogen-bond donors (Lipinski definition) is 1. The monoisotopic (exact) mass is 617 g/mol. The molecule has 5 aliphatic rings. The van der Waals surface area contributed by atoms with Crippen molar-refractivity contribution in [1.29, 1.82) is 0 Å².